The van der Waals surface area contributed by atoms with Gasteiger partial charge in [0.2, 0.25) is 11.7 Å². The molecule has 0 aliphatic heterocycles. The average Bonchev–Trinajstić information content (AvgIpc) is 3.31. The number of carbonyl (C=O) groups excluding carboxylic acids is 1. The summed E-state index contributed by atoms with van der Waals surface area (Å²) in [5.74, 6) is -0.00711. The SMILES string of the molecule is CCC(CNc1nc(-c2ccc(S(C)(=O)=O)cc2)no1)N(CC)C(=O)C[C@H](N)CC1=CCCC=C1F. The lowest BCUT2D eigenvalue weighted by atomic mass is 9.97. The summed E-state index contributed by atoms with van der Waals surface area (Å²) in [6.07, 6.45) is 7.19. The number of benzene rings is 1. The second kappa shape index (κ2) is 12.3. The summed E-state index contributed by atoms with van der Waals surface area (Å²) < 4.78 is 42.5. The van der Waals surface area contributed by atoms with E-state index in [-0.39, 0.29) is 35.1 Å². The number of carbonyl (C=O) groups is 1. The third-order valence-electron chi connectivity index (χ3n) is 6.14. The first-order valence-electron chi connectivity index (χ1n) is 12.1. The van der Waals surface area contributed by atoms with E-state index in [1.54, 1.807) is 23.1 Å². The Kier molecular flexibility index (Phi) is 9.38. The maximum Gasteiger partial charge on any atom is 0.321 e. The van der Waals surface area contributed by atoms with Gasteiger partial charge >= 0.3 is 6.01 Å². The van der Waals surface area contributed by atoms with Gasteiger partial charge in [-0.3, -0.25) is 4.79 Å². The number of halogens is 1. The fourth-order valence-electron chi connectivity index (χ4n) is 4.16. The number of likely N-dealkylation sites (N-methyl/N-ethyl adjacent to an activating group) is 1. The fourth-order valence-corrected chi connectivity index (χ4v) is 4.79. The van der Waals surface area contributed by atoms with Gasteiger partial charge in [0.05, 0.1) is 4.90 Å². The molecule has 1 aromatic carbocycles. The lowest BCUT2D eigenvalue weighted by molar-refractivity contribution is -0.133. The van der Waals surface area contributed by atoms with Crippen molar-refractivity contribution in [2.24, 2.45) is 5.73 Å². The topological polar surface area (TPSA) is 131 Å². The fraction of sp³-hybridized carbons (Fsp3) is 0.480. The molecule has 0 fully saturated rings. The smallest absolute Gasteiger partial charge is 0.321 e. The highest BCUT2D eigenvalue weighted by Gasteiger charge is 2.24. The van der Waals surface area contributed by atoms with Crippen LogP contribution in [0.25, 0.3) is 11.4 Å². The van der Waals surface area contributed by atoms with Crippen LogP contribution in [0.2, 0.25) is 0 Å². The van der Waals surface area contributed by atoms with Gasteiger partial charge in [-0.05, 0) is 68.5 Å². The Balaban J connectivity index is 1.57. The molecule has 1 unspecified atom stereocenters. The lowest BCUT2D eigenvalue weighted by Gasteiger charge is -2.31. The van der Waals surface area contributed by atoms with Gasteiger partial charge in [0.25, 0.3) is 0 Å². The Morgan fingerprint density at radius 3 is 2.53 bits per heavy atom. The first kappa shape index (κ1) is 27.5. The highest BCUT2D eigenvalue weighted by molar-refractivity contribution is 7.90. The molecule has 3 N–H and O–H groups in total. The Hall–Kier alpha value is -3.05. The van der Waals surface area contributed by atoms with Crippen LogP contribution in [0.3, 0.4) is 0 Å². The number of anilines is 1. The Morgan fingerprint density at radius 2 is 1.92 bits per heavy atom. The molecule has 0 saturated carbocycles. The van der Waals surface area contributed by atoms with E-state index in [4.69, 9.17) is 10.3 Å². The molecule has 1 aliphatic carbocycles. The van der Waals surface area contributed by atoms with Crippen LogP contribution < -0.4 is 11.1 Å². The van der Waals surface area contributed by atoms with Crippen LogP contribution in [0, 0.1) is 0 Å². The van der Waals surface area contributed by atoms with Gasteiger partial charge in [-0.1, -0.05) is 18.2 Å². The summed E-state index contributed by atoms with van der Waals surface area (Å²) >= 11 is 0. The normalized spacial score (nSPS) is 15.6. The molecular weight excluding hydrogens is 485 g/mol. The van der Waals surface area contributed by atoms with Crippen molar-refractivity contribution in [2.45, 2.75) is 62.9 Å². The van der Waals surface area contributed by atoms with Crippen LogP contribution in [0.5, 0.6) is 0 Å². The molecule has 1 amide bonds. The second-order valence-electron chi connectivity index (χ2n) is 8.87. The first-order chi connectivity index (χ1) is 17.1. The van der Waals surface area contributed by atoms with Gasteiger partial charge in [-0.15, -0.1) is 0 Å². The number of nitrogens with one attached hydrogen (secondary N) is 1. The van der Waals surface area contributed by atoms with Crippen LogP contribution in [0.4, 0.5) is 10.4 Å². The molecule has 0 bridgehead atoms. The van der Waals surface area contributed by atoms with Crippen LogP contribution in [0.15, 0.2) is 57.2 Å². The quantitative estimate of drug-likeness (QED) is 0.432. The first-order valence-corrected chi connectivity index (χ1v) is 14.0. The lowest BCUT2D eigenvalue weighted by Crippen LogP contribution is -2.45. The molecule has 196 valence electrons. The van der Waals surface area contributed by atoms with Crippen LogP contribution in [-0.4, -0.2) is 60.8 Å². The molecule has 1 heterocycles. The minimum atomic E-state index is -3.29. The van der Waals surface area contributed by atoms with Crippen molar-refractivity contribution < 1.29 is 22.1 Å². The molecule has 1 aliphatic rings. The number of nitrogens with zero attached hydrogens (tertiary/aromatic N) is 3. The largest absolute Gasteiger partial charge is 0.338 e. The van der Waals surface area contributed by atoms with E-state index < -0.39 is 15.9 Å². The minimum Gasteiger partial charge on any atom is -0.338 e. The number of hydrogen-bond acceptors (Lipinski definition) is 8. The van der Waals surface area contributed by atoms with Crippen molar-refractivity contribution >= 4 is 21.8 Å². The summed E-state index contributed by atoms with van der Waals surface area (Å²) in [6.45, 7) is 4.79. The van der Waals surface area contributed by atoms with Crippen molar-refractivity contribution in [3.05, 3.63) is 47.8 Å². The third-order valence-corrected chi connectivity index (χ3v) is 7.26. The van der Waals surface area contributed by atoms with E-state index in [2.05, 4.69) is 15.5 Å². The van der Waals surface area contributed by atoms with Gasteiger partial charge in [0.15, 0.2) is 9.84 Å². The minimum absolute atomic E-state index is 0.0865. The van der Waals surface area contributed by atoms with Gasteiger partial charge in [0, 0.05) is 43.4 Å². The van der Waals surface area contributed by atoms with E-state index in [1.807, 2.05) is 19.9 Å². The maximum atomic E-state index is 14.0. The average molecular weight is 520 g/mol. The monoisotopic (exact) mass is 519 g/mol. The Morgan fingerprint density at radius 1 is 1.22 bits per heavy atom. The van der Waals surface area contributed by atoms with Crippen LogP contribution >= 0.6 is 0 Å². The third kappa shape index (κ3) is 7.23. The van der Waals surface area contributed by atoms with E-state index in [0.717, 1.165) is 12.7 Å². The zero-order valence-corrected chi connectivity index (χ0v) is 21.7. The number of aromatic nitrogens is 2. The van der Waals surface area contributed by atoms with E-state index in [9.17, 15) is 17.6 Å². The zero-order chi connectivity index (χ0) is 26.3. The molecular formula is C25H34FN5O4S. The highest BCUT2D eigenvalue weighted by Crippen LogP contribution is 2.25. The summed E-state index contributed by atoms with van der Waals surface area (Å²) in [5, 5.41) is 7.04. The second-order valence-corrected chi connectivity index (χ2v) is 10.9. The Bertz CT molecular complexity index is 1210. The van der Waals surface area contributed by atoms with E-state index in [0.29, 0.717) is 49.3 Å². The summed E-state index contributed by atoms with van der Waals surface area (Å²) in [7, 11) is -3.29. The van der Waals surface area contributed by atoms with E-state index in [1.165, 1.54) is 12.1 Å². The van der Waals surface area contributed by atoms with Crippen molar-refractivity contribution in [3.63, 3.8) is 0 Å². The van der Waals surface area contributed by atoms with Crippen molar-refractivity contribution in [1.82, 2.24) is 15.0 Å². The maximum absolute atomic E-state index is 14.0. The molecule has 0 radical (unpaired) electrons. The molecule has 0 spiro atoms. The molecule has 0 saturated heterocycles. The molecule has 3 rings (SSSR count). The van der Waals surface area contributed by atoms with Gasteiger partial charge in [0.1, 0.15) is 5.83 Å². The number of sulfone groups is 1. The standard InChI is InChI=1S/C25H34FN5O4S/c1-4-20(31(5-2)23(32)15-19(27)14-18-8-6-7-9-22(18)26)16-28-25-29-24(30-35-25)17-10-12-21(13-11-17)36(3,33)34/h8-13,19-20H,4-7,14-16,27H2,1-3H3,(H,28,29,30)/t19-,20?/m1/s1. The van der Waals surface area contributed by atoms with Gasteiger partial charge < -0.3 is 20.5 Å². The predicted octanol–water partition coefficient (Wildman–Crippen LogP) is 3.86. The molecule has 2 aromatic rings. The summed E-state index contributed by atoms with van der Waals surface area (Å²) in [5.41, 5.74) is 7.39. The number of allylic oxidation sites excluding steroid dienone is 3. The van der Waals surface area contributed by atoms with Crippen molar-refractivity contribution in [3.8, 4) is 11.4 Å². The predicted molar refractivity (Wildman–Crippen MR) is 137 cm³/mol. The zero-order valence-electron chi connectivity index (χ0n) is 20.9. The van der Waals surface area contributed by atoms with Crippen LogP contribution in [0.1, 0.15) is 46.0 Å². The number of rotatable bonds is 12. The van der Waals surface area contributed by atoms with E-state index >= 15 is 0 Å². The highest BCUT2D eigenvalue weighted by atomic mass is 32.2. The van der Waals surface area contributed by atoms with Crippen LogP contribution in [-0.2, 0) is 14.6 Å². The number of amides is 1. The molecule has 2 atom stereocenters. The van der Waals surface area contributed by atoms with Gasteiger partial charge in [-0.2, -0.15) is 4.98 Å². The molecule has 36 heavy (non-hydrogen) atoms. The van der Waals surface area contributed by atoms with Gasteiger partial charge in [-0.25, -0.2) is 12.8 Å². The Labute approximate surface area is 211 Å². The molecule has 9 nitrogen and oxygen atoms in total. The molecule has 11 heteroatoms. The summed E-state index contributed by atoms with van der Waals surface area (Å²) in [4.78, 5) is 19.3. The summed E-state index contributed by atoms with van der Waals surface area (Å²) in [6, 6.07) is 5.82. The number of nitrogens with two attached hydrogens (primary N) is 1. The molecule has 1 aromatic heterocycles. The number of hydrogen-bond donors (Lipinski definition) is 2. The van der Waals surface area contributed by atoms with Crippen molar-refractivity contribution in [1.29, 1.82) is 0 Å². The van der Waals surface area contributed by atoms with Crippen molar-refractivity contribution in [2.75, 3.05) is 24.7 Å².